The van der Waals surface area contributed by atoms with E-state index in [2.05, 4.69) is 17.8 Å². The molecule has 2 aliphatic rings. The molecule has 2 aromatic rings. The molecule has 1 heterocycles. The smallest absolute Gasteiger partial charge is 0.344 e. The lowest BCUT2D eigenvalue weighted by Gasteiger charge is -2.38. The van der Waals surface area contributed by atoms with Crippen LogP contribution in [0.1, 0.15) is 31.8 Å². The number of rotatable bonds is 4. The van der Waals surface area contributed by atoms with E-state index in [4.69, 9.17) is 0 Å². The van der Waals surface area contributed by atoms with Crippen LogP contribution in [0.5, 0.6) is 0 Å². The molecule has 0 saturated heterocycles. The first-order valence-corrected chi connectivity index (χ1v) is 14.8. The molecule has 38 heavy (non-hydrogen) atoms. The second kappa shape index (κ2) is 9.43. The molecule has 0 bridgehead atoms. The van der Waals surface area contributed by atoms with Crippen molar-refractivity contribution in [3.8, 4) is 0 Å². The summed E-state index contributed by atoms with van der Waals surface area (Å²) in [4.78, 5) is 26.4. The number of anilines is 1. The Balaban J connectivity index is 2.27. The van der Waals surface area contributed by atoms with Crippen molar-refractivity contribution in [2.75, 3.05) is 40.2 Å². The third-order valence-electron chi connectivity index (χ3n) is 7.09. The molecule has 0 amide bonds. The molecule has 0 unspecified atom stereocenters. The average Bonchev–Trinajstić information content (AvgIpc) is 2.86. The highest BCUT2D eigenvalue weighted by molar-refractivity contribution is 6.98. The van der Waals surface area contributed by atoms with Crippen molar-refractivity contribution in [1.29, 1.82) is 0 Å². The van der Waals surface area contributed by atoms with Crippen molar-refractivity contribution in [3.05, 3.63) is 86.9 Å². The molecule has 2 aromatic carbocycles. The summed E-state index contributed by atoms with van der Waals surface area (Å²) in [6.45, 7) is 4.23. The number of benzene rings is 2. The fourth-order valence-corrected chi connectivity index (χ4v) is 8.09. The maximum Gasteiger partial charge on any atom is 0.344 e. The van der Waals surface area contributed by atoms with Crippen LogP contribution in [0, 0.1) is 17.5 Å². The number of nitrogens with zero attached hydrogens (tertiary/aromatic N) is 2. The van der Waals surface area contributed by atoms with Crippen LogP contribution in [0.2, 0.25) is 13.1 Å². The van der Waals surface area contributed by atoms with E-state index in [1.54, 1.807) is 24.3 Å². The second-order valence-corrected chi connectivity index (χ2v) is 14.4. The van der Waals surface area contributed by atoms with Gasteiger partial charge in [0.05, 0.1) is 13.1 Å². The van der Waals surface area contributed by atoms with Gasteiger partial charge in [-0.2, -0.15) is 0 Å². The molecule has 1 aliphatic heterocycles. The highest BCUT2D eigenvalue weighted by Gasteiger charge is 2.43. The number of hydrogen-bond acceptors (Lipinski definition) is 5. The van der Waals surface area contributed by atoms with Gasteiger partial charge in [-0.1, -0.05) is 19.2 Å². The number of esters is 1. The first kappa shape index (κ1) is 27.1. The fraction of sp³-hybridized carbons (Fsp3) is 0.250. The minimum Gasteiger partial charge on any atom is -0.545 e. The van der Waals surface area contributed by atoms with Crippen molar-refractivity contribution < 1.29 is 37.2 Å². The van der Waals surface area contributed by atoms with E-state index in [1.807, 2.05) is 49.8 Å². The predicted molar refractivity (Wildman–Crippen MR) is 140 cm³/mol. The van der Waals surface area contributed by atoms with Crippen LogP contribution in [-0.2, 0) is 4.74 Å². The van der Waals surface area contributed by atoms with E-state index in [-0.39, 0.29) is 5.57 Å². The number of fused-ring (bicyclic) bond motifs is 2. The highest BCUT2D eigenvalue weighted by atomic mass is 28.3. The summed E-state index contributed by atoms with van der Waals surface area (Å²) in [5, 5.41) is 13.8. The van der Waals surface area contributed by atoms with Crippen molar-refractivity contribution in [2.24, 2.45) is 0 Å². The summed E-state index contributed by atoms with van der Waals surface area (Å²) in [7, 11) is 5.86. The summed E-state index contributed by atoms with van der Waals surface area (Å²) < 4.78 is 52.6. The van der Waals surface area contributed by atoms with Gasteiger partial charge >= 0.3 is 5.97 Å². The Labute approximate surface area is 219 Å². The summed E-state index contributed by atoms with van der Waals surface area (Å²) in [6.07, 6.45) is 5.44. The molecule has 6 nitrogen and oxygen atoms in total. The number of hydrogen-bond donors (Lipinski definition) is 0. The van der Waals surface area contributed by atoms with Gasteiger partial charge in [-0.05, 0) is 45.3 Å². The zero-order valence-corrected chi connectivity index (χ0v) is 23.1. The SMILES string of the molecule is COC(=O)c1c(F)c(F)c(C(=O)[O-])c(C2=C3C=CC(=[N+](C)C)C=C3[Si](C)(C)c3cc(N(C)C)ccc32)c1F. The van der Waals surface area contributed by atoms with Crippen LogP contribution in [0.4, 0.5) is 18.9 Å². The molecule has 4 rings (SSSR count). The Hall–Kier alpha value is -3.92. The Bertz CT molecular complexity index is 1550. The lowest BCUT2D eigenvalue weighted by atomic mass is 9.85. The number of aromatic carboxylic acids is 1. The number of halogens is 3. The topological polar surface area (TPSA) is 72.7 Å². The van der Waals surface area contributed by atoms with Gasteiger partial charge in [-0.25, -0.2) is 22.5 Å². The molecular weight excluding hydrogens is 513 g/mol. The Morgan fingerprint density at radius 1 is 1.00 bits per heavy atom. The summed E-state index contributed by atoms with van der Waals surface area (Å²) in [5.74, 6) is -8.96. The molecule has 0 radical (unpaired) electrons. The lowest BCUT2D eigenvalue weighted by molar-refractivity contribution is -0.462. The van der Waals surface area contributed by atoms with Crippen molar-refractivity contribution in [1.82, 2.24) is 0 Å². The van der Waals surface area contributed by atoms with Gasteiger partial charge in [0.2, 0.25) is 0 Å². The third-order valence-corrected chi connectivity index (χ3v) is 10.6. The highest BCUT2D eigenvalue weighted by Crippen LogP contribution is 2.44. The molecule has 0 aromatic heterocycles. The van der Waals surface area contributed by atoms with Crippen LogP contribution in [-0.4, -0.2) is 65.6 Å². The van der Waals surface area contributed by atoms with Gasteiger partial charge < -0.3 is 19.5 Å². The summed E-state index contributed by atoms with van der Waals surface area (Å²) >= 11 is 0. The van der Waals surface area contributed by atoms with E-state index >= 15 is 8.78 Å². The Morgan fingerprint density at radius 3 is 2.18 bits per heavy atom. The zero-order valence-electron chi connectivity index (χ0n) is 22.1. The van der Waals surface area contributed by atoms with E-state index in [0.29, 0.717) is 11.1 Å². The Morgan fingerprint density at radius 2 is 1.63 bits per heavy atom. The zero-order chi connectivity index (χ0) is 28.3. The molecule has 198 valence electrons. The van der Waals surface area contributed by atoms with Crippen molar-refractivity contribution in [3.63, 3.8) is 0 Å². The molecule has 0 N–H and O–H groups in total. The van der Waals surface area contributed by atoms with Crippen LogP contribution >= 0.6 is 0 Å². The van der Waals surface area contributed by atoms with Crippen LogP contribution in [0.15, 0.2) is 47.2 Å². The maximum absolute atomic E-state index is 16.1. The van der Waals surface area contributed by atoms with Crippen LogP contribution < -0.4 is 15.2 Å². The van der Waals surface area contributed by atoms with Crippen LogP contribution in [0.3, 0.4) is 0 Å². The number of allylic oxidation sites excluding steroid dienone is 5. The lowest BCUT2D eigenvalue weighted by Crippen LogP contribution is -2.50. The molecule has 0 saturated carbocycles. The molecule has 0 atom stereocenters. The minimum absolute atomic E-state index is 0.0400. The first-order chi connectivity index (χ1) is 17.7. The number of carbonyl (C=O) groups is 2. The molecule has 0 fully saturated rings. The van der Waals surface area contributed by atoms with Gasteiger partial charge in [0.1, 0.15) is 33.5 Å². The average molecular weight is 541 g/mol. The number of carboxylic acid groups (broad SMARTS) is 1. The third kappa shape index (κ3) is 3.99. The molecule has 0 spiro atoms. The molecule has 1 aliphatic carbocycles. The van der Waals surface area contributed by atoms with E-state index in [9.17, 15) is 19.1 Å². The largest absolute Gasteiger partial charge is 0.545 e. The normalized spacial score (nSPS) is 15.5. The Kier molecular flexibility index (Phi) is 6.73. The van der Waals surface area contributed by atoms with E-state index in [0.717, 1.165) is 28.9 Å². The summed E-state index contributed by atoms with van der Waals surface area (Å²) in [6, 6.07) is 5.44. The van der Waals surface area contributed by atoms with E-state index in [1.165, 1.54) is 0 Å². The predicted octanol–water partition coefficient (Wildman–Crippen LogP) is 2.80. The van der Waals surface area contributed by atoms with Gasteiger partial charge in [0, 0.05) is 43.1 Å². The molecule has 10 heteroatoms. The fourth-order valence-electron chi connectivity index (χ4n) is 5.02. The van der Waals surface area contributed by atoms with Gasteiger partial charge in [0.15, 0.2) is 17.3 Å². The van der Waals surface area contributed by atoms with Gasteiger partial charge in [-0.15, -0.1) is 0 Å². The standard InChI is InChI=1S/C28H27F3N2O4Si/c1-32(2)14-8-10-16-18(12-14)38(6,7)19-13-15(33(3)4)9-11-17(19)20(16)21-22(27(34)35)25(30)26(31)23(24(21)29)28(36)37-5/h8-13H,1-7H3. The van der Waals surface area contributed by atoms with Crippen LogP contribution in [0.25, 0.3) is 5.57 Å². The minimum atomic E-state index is -2.51. The van der Waals surface area contributed by atoms with Crippen molar-refractivity contribution >= 4 is 42.2 Å². The number of methoxy groups -OCH3 is 1. The van der Waals surface area contributed by atoms with Crippen molar-refractivity contribution in [2.45, 2.75) is 13.1 Å². The first-order valence-electron chi connectivity index (χ1n) is 11.8. The molecular formula is C28H27F3N2O4Si. The number of ether oxygens (including phenoxy) is 1. The second-order valence-electron chi connectivity index (χ2n) is 10.1. The quantitative estimate of drug-likeness (QED) is 0.258. The maximum atomic E-state index is 16.1. The number of carboxylic acids is 1. The van der Waals surface area contributed by atoms with Gasteiger partial charge in [0.25, 0.3) is 0 Å². The van der Waals surface area contributed by atoms with E-state index < -0.39 is 54.2 Å². The monoisotopic (exact) mass is 540 g/mol. The van der Waals surface area contributed by atoms with Gasteiger partial charge in [-0.3, -0.25) is 0 Å². The summed E-state index contributed by atoms with van der Waals surface area (Å²) in [5.41, 5.74) is -0.660. The number of carbonyl (C=O) groups excluding carboxylic acids is 2.